The van der Waals surface area contributed by atoms with Crippen LogP contribution in [0, 0.1) is 12.7 Å². The monoisotopic (exact) mass is 403 g/mol. The molecular formula is C24H26FN5. The van der Waals surface area contributed by atoms with Crippen LogP contribution in [0.2, 0.25) is 0 Å². The van der Waals surface area contributed by atoms with Gasteiger partial charge in [0.25, 0.3) is 0 Å². The standard InChI is InChI=1S/C24H26FN5/c1-20-6-2-10-24(27-20)30-14-4-9-23(30)18-29(13-5-12-28-15-11-26-19-28)17-21-7-3-8-22(25)16-21/h2-4,6-11,14-16,19H,5,12-13,17-18H2,1H3. The number of halogens is 1. The maximum atomic E-state index is 13.7. The molecule has 0 saturated carbocycles. The summed E-state index contributed by atoms with van der Waals surface area (Å²) in [6.45, 7) is 5.23. The molecule has 0 saturated heterocycles. The quantitative estimate of drug-likeness (QED) is 0.410. The van der Waals surface area contributed by atoms with Gasteiger partial charge in [0.2, 0.25) is 0 Å². The predicted molar refractivity (Wildman–Crippen MR) is 116 cm³/mol. The van der Waals surface area contributed by atoms with E-state index in [1.54, 1.807) is 18.3 Å². The van der Waals surface area contributed by atoms with E-state index in [0.717, 1.165) is 48.8 Å². The number of hydrogen-bond acceptors (Lipinski definition) is 3. The first-order valence-electron chi connectivity index (χ1n) is 10.2. The molecule has 5 nitrogen and oxygen atoms in total. The van der Waals surface area contributed by atoms with Crippen LogP contribution in [-0.4, -0.2) is 30.5 Å². The summed E-state index contributed by atoms with van der Waals surface area (Å²) in [4.78, 5) is 11.1. The molecule has 3 aromatic heterocycles. The number of imidazole rings is 1. The Morgan fingerprint density at radius 2 is 1.90 bits per heavy atom. The second-order valence-electron chi connectivity index (χ2n) is 7.50. The lowest BCUT2D eigenvalue weighted by Crippen LogP contribution is -2.26. The van der Waals surface area contributed by atoms with E-state index in [1.165, 1.54) is 6.07 Å². The highest BCUT2D eigenvalue weighted by atomic mass is 19.1. The third-order valence-corrected chi connectivity index (χ3v) is 5.08. The molecule has 0 bridgehead atoms. The maximum absolute atomic E-state index is 13.7. The van der Waals surface area contributed by atoms with Crippen molar-refractivity contribution in [3.8, 4) is 5.82 Å². The molecule has 4 aromatic rings. The van der Waals surface area contributed by atoms with Gasteiger partial charge in [-0.2, -0.15) is 0 Å². The average molecular weight is 404 g/mol. The van der Waals surface area contributed by atoms with E-state index < -0.39 is 0 Å². The summed E-state index contributed by atoms with van der Waals surface area (Å²) >= 11 is 0. The van der Waals surface area contributed by atoms with Gasteiger partial charge in [-0.25, -0.2) is 14.4 Å². The van der Waals surface area contributed by atoms with Gasteiger partial charge in [0, 0.05) is 56.2 Å². The third kappa shape index (κ3) is 5.21. The minimum absolute atomic E-state index is 0.196. The molecule has 30 heavy (non-hydrogen) atoms. The smallest absolute Gasteiger partial charge is 0.137 e. The first-order chi connectivity index (χ1) is 14.7. The third-order valence-electron chi connectivity index (χ3n) is 5.08. The van der Waals surface area contributed by atoms with Crippen LogP contribution >= 0.6 is 0 Å². The SMILES string of the molecule is Cc1cccc(-n2cccc2CN(CCCn2ccnc2)Cc2cccc(F)c2)n1. The summed E-state index contributed by atoms with van der Waals surface area (Å²) in [5, 5.41) is 0. The Kier molecular flexibility index (Phi) is 6.35. The largest absolute Gasteiger partial charge is 0.337 e. The van der Waals surface area contributed by atoms with Crippen molar-refractivity contribution in [2.45, 2.75) is 33.0 Å². The molecule has 154 valence electrons. The van der Waals surface area contributed by atoms with Crippen molar-refractivity contribution in [1.82, 2.24) is 24.0 Å². The second kappa shape index (κ2) is 9.50. The van der Waals surface area contributed by atoms with Crippen molar-refractivity contribution in [3.63, 3.8) is 0 Å². The van der Waals surface area contributed by atoms with Crippen molar-refractivity contribution < 1.29 is 4.39 Å². The summed E-state index contributed by atoms with van der Waals surface area (Å²) < 4.78 is 17.9. The van der Waals surface area contributed by atoms with E-state index in [1.807, 2.05) is 56.0 Å². The summed E-state index contributed by atoms with van der Waals surface area (Å²) in [5.74, 6) is 0.720. The minimum Gasteiger partial charge on any atom is -0.337 e. The molecule has 0 aliphatic carbocycles. The van der Waals surface area contributed by atoms with Gasteiger partial charge in [-0.05, 0) is 55.3 Å². The van der Waals surface area contributed by atoms with Crippen LogP contribution in [0.5, 0.6) is 0 Å². The van der Waals surface area contributed by atoms with E-state index in [0.29, 0.717) is 6.54 Å². The molecular weight excluding hydrogens is 377 g/mol. The van der Waals surface area contributed by atoms with Crippen LogP contribution in [0.25, 0.3) is 5.82 Å². The van der Waals surface area contributed by atoms with E-state index in [4.69, 9.17) is 0 Å². The van der Waals surface area contributed by atoms with Crippen LogP contribution in [0.15, 0.2) is 79.5 Å². The lowest BCUT2D eigenvalue weighted by atomic mass is 10.2. The molecule has 0 N–H and O–H groups in total. The molecule has 0 unspecified atom stereocenters. The van der Waals surface area contributed by atoms with Gasteiger partial charge in [0.05, 0.1) is 6.33 Å². The van der Waals surface area contributed by atoms with Crippen LogP contribution in [0.3, 0.4) is 0 Å². The lowest BCUT2D eigenvalue weighted by molar-refractivity contribution is 0.244. The zero-order valence-corrected chi connectivity index (χ0v) is 17.2. The molecule has 0 aliphatic rings. The summed E-state index contributed by atoms with van der Waals surface area (Å²) in [6.07, 6.45) is 8.64. The highest BCUT2D eigenvalue weighted by Crippen LogP contribution is 2.16. The molecule has 6 heteroatoms. The fourth-order valence-corrected chi connectivity index (χ4v) is 3.66. The number of rotatable bonds is 9. The molecule has 0 amide bonds. The fraction of sp³-hybridized carbons (Fsp3) is 0.250. The molecule has 3 heterocycles. The lowest BCUT2D eigenvalue weighted by Gasteiger charge is -2.23. The van der Waals surface area contributed by atoms with Crippen molar-refractivity contribution in [2.75, 3.05) is 6.54 Å². The zero-order chi connectivity index (χ0) is 20.8. The van der Waals surface area contributed by atoms with Gasteiger partial charge in [-0.3, -0.25) is 4.90 Å². The van der Waals surface area contributed by atoms with Gasteiger partial charge in [-0.1, -0.05) is 18.2 Å². The van der Waals surface area contributed by atoms with Gasteiger partial charge in [0.15, 0.2) is 0 Å². The Morgan fingerprint density at radius 3 is 2.70 bits per heavy atom. The highest BCUT2D eigenvalue weighted by molar-refractivity contribution is 5.29. The first-order valence-corrected chi connectivity index (χ1v) is 10.2. The number of pyridine rings is 1. The van der Waals surface area contributed by atoms with Crippen molar-refractivity contribution in [1.29, 1.82) is 0 Å². The Hall–Kier alpha value is -3.25. The molecule has 0 atom stereocenters. The summed E-state index contributed by atoms with van der Waals surface area (Å²) in [5.41, 5.74) is 3.13. The van der Waals surface area contributed by atoms with E-state index in [9.17, 15) is 4.39 Å². The van der Waals surface area contributed by atoms with E-state index in [2.05, 4.69) is 30.1 Å². The van der Waals surface area contributed by atoms with E-state index in [-0.39, 0.29) is 5.82 Å². The molecule has 0 aliphatic heterocycles. The van der Waals surface area contributed by atoms with E-state index >= 15 is 0 Å². The summed E-state index contributed by atoms with van der Waals surface area (Å²) in [7, 11) is 0. The number of aryl methyl sites for hydroxylation is 2. The van der Waals surface area contributed by atoms with Gasteiger partial charge < -0.3 is 9.13 Å². The fourth-order valence-electron chi connectivity index (χ4n) is 3.66. The second-order valence-corrected chi connectivity index (χ2v) is 7.50. The minimum atomic E-state index is -0.196. The van der Waals surface area contributed by atoms with Crippen molar-refractivity contribution >= 4 is 0 Å². The Bertz CT molecular complexity index is 1070. The van der Waals surface area contributed by atoms with Crippen molar-refractivity contribution in [3.05, 3.63) is 102 Å². The summed E-state index contributed by atoms with van der Waals surface area (Å²) in [6, 6.07) is 17.1. The number of nitrogens with zero attached hydrogens (tertiary/aromatic N) is 5. The Labute approximate surface area is 176 Å². The number of aromatic nitrogens is 4. The van der Waals surface area contributed by atoms with Crippen LogP contribution in [0.4, 0.5) is 4.39 Å². The maximum Gasteiger partial charge on any atom is 0.137 e. The van der Waals surface area contributed by atoms with Gasteiger partial charge >= 0.3 is 0 Å². The predicted octanol–water partition coefficient (Wildman–Crippen LogP) is 4.61. The molecule has 0 fully saturated rings. The average Bonchev–Trinajstić information content (AvgIpc) is 3.40. The van der Waals surface area contributed by atoms with Crippen molar-refractivity contribution in [2.24, 2.45) is 0 Å². The molecule has 0 radical (unpaired) electrons. The van der Waals surface area contributed by atoms with Crippen LogP contribution in [-0.2, 0) is 19.6 Å². The van der Waals surface area contributed by atoms with Crippen LogP contribution < -0.4 is 0 Å². The molecule has 0 spiro atoms. The normalized spacial score (nSPS) is 11.3. The van der Waals surface area contributed by atoms with Gasteiger partial charge in [0.1, 0.15) is 11.6 Å². The zero-order valence-electron chi connectivity index (χ0n) is 17.2. The molecule has 1 aromatic carbocycles. The number of hydrogen-bond donors (Lipinski definition) is 0. The first kappa shape index (κ1) is 20.0. The molecule has 4 rings (SSSR count). The van der Waals surface area contributed by atoms with Crippen LogP contribution in [0.1, 0.15) is 23.4 Å². The Balaban J connectivity index is 1.51. The highest BCUT2D eigenvalue weighted by Gasteiger charge is 2.12. The Morgan fingerprint density at radius 1 is 1.00 bits per heavy atom. The number of benzene rings is 1. The topological polar surface area (TPSA) is 38.9 Å². The van der Waals surface area contributed by atoms with Gasteiger partial charge in [-0.15, -0.1) is 0 Å².